The number of phenols is 1. The van der Waals surface area contributed by atoms with E-state index in [0.29, 0.717) is 5.75 Å². The molecule has 0 aromatic heterocycles. The van der Waals surface area contributed by atoms with Crippen LogP contribution in [0.25, 0.3) is 0 Å². The standard InChI is InChI=1S/C9H11O/c1-3-8-6-9(10)5-4-7(8)2/h4-6,10H,2-3H2,1H3. The fourth-order valence-corrected chi connectivity index (χ4v) is 0.941. The molecule has 0 amide bonds. The number of hydrogen-bond donors (Lipinski definition) is 1. The van der Waals surface area contributed by atoms with Gasteiger partial charge in [-0.05, 0) is 36.6 Å². The Morgan fingerprint density at radius 2 is 2.20 bits per heavy atom. The summed E-state index contributed by atoms with van der Waals surface area (Å²) in [5, 5.41) is 9.04. The van der Waals surface area contributed by atoms with E-state index in [1.165, 1.54) is 0 Å². The predicted octanol–water partition coefficient (Wildman–Crippen LogP) is 2.14. The van der Waals surface area contributed by atoms with Crippen LogP contribution in [0.5, 0.6) is 5.75 Å². The lowest BCUT2D eigenvalue weighted by Gasteiger charge is -2.01. The fraction of sp³-hybridized carbons (Fsp3) is 0.222. The lowest BCUT2D eigenvalue weighted by molar-refractivity contribution is 0.474. The Balaban J connectivity index is 3.09. The van der Waals surface area contributed by atoms with Crippen molar-refractivity contribution in [2.45, 2.75) is 13.3 Å². The lowest BCUT2D eigenvalue weighted by Crippen LogP contribution is -1.83. The number of phenolic OH excluding ortho intramolecular Hbond substituents is 1. The second-order valence-corrected chi connectivity index (χ2v) is 2.31. The third-order valence-electron chi connectivity index (χ3n) is 1.57. The Hall–Kier alpha value is -0.980. The maximum atomic E-state index is 9.04. The maximum Gasteiger partial charge on any atom is 0.115 e. The van der Waals surface area contributed by atoms with Gasteiger partial charge in [0.05, 0.1) is 0 Å². The van der Waals surface area contributed by atoms with Crippen LogP contribution in [0, 0.1) is 6.92 Å². The molecule has 0 unspecified atom stereocenters. The summed E-state index contributed by atoms with van der Waals surface area (Å²) in [6.45, 7) is 5.87. The van der Waals surface area contributed by atoms with Gasteiger partial charge in [-0.25, -0.2) is 0 Å². The number of aromatic hydroxyl groups is 1. The van der Waals surface area contributed by atoms with Crippen molar-refractivity contribution in [3.63, 3.8) is 0 Å². The molecule has 0 saturated carbocycles. The summed E-state index contributed by atoms with van der Waals surface area (Å²) in [6, 6.07) is 5.23. The van der Waals surface area contributed by atoms with Gasteiger partial charge >= 0.3 is 0 Å². The normalized spacial score (nSPS) is 9.80. The van der Waals surface area contributed by atoms with Crippen molar-refractivity contribution in [1.82, 2.24) is 0 Å². The van der Waals surface area contributed by atoms with Crippen LogP contribution in [0.15, 0.2) is 18.2 Å². The van der Waals surface area contributed by atoms with E-state index >= 15 is 0 Å². The molecule has 1 N–H and O–H groups in total. The first-order valence-electron chi connectivity index (χ1n) is 3.38. The monoisotopic (exact) mass is 135 g/mol. The minimum Gasteiger partial charge on any atom is -0.508 e. The molecule has 0 aliphatic carbocycles. The van der Waals surface area contributed by atoms with Crippen molar-refractivity contribution < 1.29 is 5.11 Å². The second kappa shape index (κ2) is 2.74. The minimum atomic E-state index is 0.323. The van der Waals surface area contributed by atoms with Gasteiger partial charge in [-0.1, -0.05) is 13.0 Å². The molecule has 1 heteroatoms. The van der Waals surface area contributed by atoms with Crippen LogP contribution < -0.4 is 0 Å². The summed E-state index contributed by atoms with van der Waals surface area (Å²) < 4.78 is 0. The number of benzene rings is 1. The zero-order valence-electron chi connectivity index (χ0n) is 6.09. The first kappa shape index (κ1) is 7.13. The molecule has 1 radical (unpaired) electrons. The smallest absolute Gasteiger partial charge is 0.115 e. The van der Waals surface area contributed by atoms with Gasteiger partial charge in [0.2, 0.25) is 0 Å². The Morgan fingerprint density at radius 3 is 2.70 bits per heavy atom. The maximum absolute atomic E-state index is 9.04. The van der Waals surface area contributed by atoms with Gasteiger partial charge in [0.15, 0.2) is 0 Å². The van der Waals surface area contributed by atoms with E-state index in [1.54, 1.807) is 12.1 Å². The van der Waals surface area contributed by atoms with Gasteiger partial charge < -0.3 is 5.11 Å². The minimum absolute atomic E-state index is 0.323. The van der Waals surface area contributed by atoms with Gasteiger partial charge in [-0.15, -0.1) is 0 Å². The highest BCUT2D eigenvalue weighted by Crippen LogP contribution is 2.15. The van der Waals surface area contributed by atoms with E-state index in [2.05, 4.69) is 6.92 Å². The summed E-state index contributed by atoms with van der Waals surface area (Å²) in [6.07, 6.45) is 0.924. The number of hydrogen-bond acceptors (Lipinski definition) is 1. The van der Waals surface area contributed by atoms with E-state index in [0.717, 1.165) is 17.5 Å². The molecule has 53 valence electrons. The lowest BCUT2D eigenvalue weighted by atomic mass is 10.1. The van der Waals surface area contributed by atoms with Crippen molar-refractivity contribution >= 4 is 0 Å². The topological polar surface area (TPSA) is 20.2 Å². The molecule has 0 atom stereocenters. The van der Waals surface area contributed by atoms with Gasteiger partial charge in [0.25, 0.3) is 0 Å². The van der Waals surface area contributed by atoms with Crippen molar-refractivity contribution in [3.8, 4) is 5.75 Å². The zero-order valence-corrected chi connectivity index (χ0v) is 6.09. The summed E-state index contributed by atoms with van der Waals surface area (Å²) >= 11 is 0. The van der Waals surface area contributed by atoms with Crippen LogP contribution in [-0.2, 0) is 6.42 Å². The largest absolute Gasteiger partial charge is 0.508 e. The average Bonchev–Trinajstić information content (AvgIpc) is 1.94. The van der Waals surface area contributed by atoms with Gasteiger partial charge in [-0.2, -0.15) is 0 Å². The predicted molar refractivity (Wildman–Crippen MR) is 41.9 cm³/mol. The fourth-order valence-electron chi connectivity index (χ4n) is 0.941. The Bertz CT molecular complexity index is 228. The first-order valence-corrected chi connectivity index (χ1v) is 3.38. The SMILES string of the molecule is [CH2]c1ccc(O)cc1CC. The van der Waals surface area contributed by atoms with Crippen LogP contribution in [0.1, 0.15) is 18.1 Å². The molecule has 0 saturated heterocycles. The highest BCUT2D eigenvalue weighted by atomic mass is 16.3. The van der Waals surface area contributed by atoms with Crippen LogP contribution in [0.4, 0.5) is 0 Å². The quantitative estimate of drug-likeness (QED) is 0.625. The van der Waals surface area contributed by atoms with E-state index < -0.39 is 0 Å². The van der Waals surface area contributed by atoms with E-state index in [4.69, 9.17) is 5.11 Å². The van der Waals surface area contributed by atoms with E-state index in [9.17, 15) is 0 Å². The average molecular weight is 135 g/mol. The molecule has 0 bridgehead atoms. The van der Waals surface area contributed by atoms with E-state index in [1.807, 2.05) is 13.0 Å². The molecule has 0 aliphatic rings. The van der Waals surface area contributed by atoms with Crippen LogP contribution in [-0.4, -0.2) is 5.11 Å². The van der Waals surface area contributed by atoms with Crippen molar-refractivity contribution in [2.75, 3.05) is 0 Å². The molecule has 10 heavy (non-hydrogen) atoms. The summed E-state index contributed by atoms with van der Waals surface area (Å²) in [5.74, 6) is 0.323. The first-order chi connectivity index (χ1) is 4.74. The third-order valence-corrected chi connectivity index (χ3v) is 1.57. The molecule has 0 heterocycles. The van der Waals surface area contributed by atoms with Crippen LogP contribution in [0.2, 0.25) is 0 Å². The van der Waals surface area contributed by atoms with Crippen molar-refractivity contribution in [2.24, 2.45) is 0 Å². The summed E-state index contributed by atoms with van der Waals surface area (Å²) in [7, 11) is 0. The molecular formula is C9H11O. The highest BCUT2D eigenvalue weighted by Gasteiger charge is 1.95. The van der Waals surface area contributed by atoms with Crippen LogP contribution in [0.3, 0.4) is 0 Å². The molecule has 0 fully saturated rings. The molecule has 1 aromatic carbocycles. The molecular weight excluding hydrogens is 124 g/mol. The van der Waals surface area contributed by atoms with Crippen molar-refractivity contribution in [1.29, 1.82) is 0 Å². The van der Waals surface area contributed by atoms with Gasteiger partial charge in [-0.3, -0.25) is 0 Å². The molecule has 0 aliphatic heterocycles. The number of aryl methyl sites for hydroxylation is 1. The Labute approximate surface area is 61.3 Å². The van der Waals surface area contributed by atoms with Crippen LogP contribution >= 0.6 is 0 Å². The van der Waals surface area contributed by atoms with E-state index in [-0.39, 0.29) is 0 Å². The highest BCUT2D eigenvalue weighted by molar-refractivity contribution is 5.36. The molecule has 0 spiro atoms. The molecule has 1 rings (SSSR count). The second-order valence-electron chi connectivity index (χ2n) is 2.31. The third kappa shape index (κ3) is 1.29. The van der Waals surface area contributed by atoms with Gasteiger partial charge in [0.1, 0.15) is 5.75 Å². The summed E-state index contributed by atoms with van der Waals surface area (Å²) in [4.78, 5) is 0. The molecule has 1 nitrogen and oxygen atoms in total. The summed E-state index contributed by atoms with van der Waals surface area (Å²) in [5.41, 5.74) is 2.11. The molecule has 1 aromatic rings. The Morgan fingerprint density at radius 1 is 1.50 bits per heavy atom. The zero-order chi connectivity index (χ0) is 7.56. The van der Waals surface area contributed by atoms with Gasteiger partial charge in [0, 0.05) is 0 Å². The number of rotatable bonds is 1. The van der Waals surface area contributed by atoms with Crippen molar-refractivity contribution in [3.05, 3.63) is 36.2 Å². The Kier molecular flexibility index (Phi) is 1.95.